The Labute approximate surface area is 188 Å². The van der Waals surface area contributed by atoms with E-state index in [0.717, 1.165) is 25.7 Å². The van der Waals surface area contributed by atoms with Crippen LogP contribution in [0.3, 0.4) is 0 Å². The van der Waals surface area contributed by atoms with Gasteiger partial charge in [-0.05, 0) is 42.7 Å². The molecule has 1 aliphatic rings. The molecule has 6 nitrogen and oxygen atoms in total. The quantitative estimate of drug-likeness (QED) is 0.610. The molecule has 1 atom stereocenters. The van der Waals surface area contributed by atoms with Crippen LogP contribution in [-0.4, -0.2) is 38.0 Å². The standard InChI is InChI=1S/C24H29ClN2O4/c1-30-20-13-11-17(12-14-20)23(24(29)26-18-7-4-3-5-8-18)27(22(28)16-25)19-9-6-10-21(15-19)31-2/h6,9-15,18,23H,3-5,7-8,16H2,1-2H3,(H,26,29)/t23-/m1/s1. The highest BCUT2D eigenvalue weighted by molar-refractivity contribution is 6.29. The van der Waals surface area contributed by atoms with Crippen LogP contribution >= 0.6 is 11.6 Å². The zero-order valence-corrected chi connectivity index (χ0v) is 18.7. The van der Waals surface area contributed by atoms with Crippen LogP contribution in [0.5, 0.6) is 11.5 Å². The van der Waals surface area contributed by atoms with Gasteiger partial charge in [0.1, 0.15) is 23.4 Å². The lowest BCUT2D eigenvalue weighted by Gasteiger charge is -2.33. The van der Waals surface area contributed by atoms with E-state index in [1.54, 1.807) is 62.8 Å². The number of benzene rings is 2. The molecule has 1 fully saturated rings. The molecular weight excluding hydrogens is 416 g/mol. The molecule has 1 aliphatic carbocycles. The minimum absolute atomic E-state index is 0.111. The van der Waals surface area contributed by atoms with Gasteiger partial charge in [-0.15, -0.1) is 11.6 Å². The Kier molecular flexibility index (Phi) is 8.18. The topological polar surface area (TPSA) is 67.9 Å². The first kappa shape index (κ1) is 22.9. The Balaban J connectivity index is 2.03. The van der Waals surface area contributed by atoms with Crippen molar-refractivity contribution in [2.24, 2.45) is 0 Å². The highest BCUT2D eigenvalue weighted by Crippen LogP contribution is 2.32. The Morgan fingerprint density at radius 2 is 1.71 bits per heavy atom. The van der Waals surface area contributed by atoms with Crippen LogP contribution in [0.25, 0.3) is 0 Å². The fourth-order valence-electron chi connectivity index (χ4n) is 3.99. The van der Waals surface area contributed by atoms with E-state index in [-0.39, 0.29) is 23.7 Å². The van der Waals surface area contributed by atoms with Crippen molar-refractivity contribution >= 4 is 29.1 Å². The molecule has 0 aromatic heterocycles. The minimum Gasteiger partial charge on any atom is -0.497 e. The molecule has 0 spiro atoms. The van der Waals surface area contributed by atoms with Crippen LogP contribution in [0.15, 0.2) is 48.5 Å². The largest absolute Gasteiger partial charge is 0.497 e. The maximum Gasteiger partial charge on any atom is 0.248 e. The van der Waals surface area contributed by atoms with E-state index in [0.29, 0.717) is 22.7 Å². The third-order valence-electron chi connectivity index (χ3n) is 5.60. The Morgan fingerprint density at radius 3 is 2.32 bits per heavy atom. The summed E-state index contributed by atoms with van der Waals surface area (Å²) >= 11 is 5.97. The van der Waals surface area contributed by atoms with Crippen LogP contribution in [0.1, 0.15) is 43.7 Å². The van der Waals surface area contributed by atoms with Gasteiger partial charge < -0.3 is 14.8 Å². The summed E-state index contributed by atoms with van der Waals surface area (Å²) in [6.45, 7) is 0. The van der Waals surface area contributed by atoms with E-state index in [1.165, 1.54) is 11.3 Å². The van der Waals surface area contributed by atoms with Gasteiger partial charge in [0.25, 0.3) is 0 Å². The normalized spacial score (nSPS) is 15.1. The van der Waals surface area contributed by atoms with Crippen molar-refractivity contribution in [3.8, 4) is 11.5 Å². The van der Waals surface area contributed by atoms with Crippen molar-refractivity contribution in [1.82, 2.24) is 5.32 Å². The lowest BCUT2D eigenvalue weighted by Crippen LogP contribution is -2.47. The van der Waals surface area contributed by atoms with Gasteiger partial charge in [0.2, 0.25) is 11.8 Å². The number of methoxy groups -OCH3 is 2. The van der Waals surface area contributed by atoms with Crippen molar-refractivity contribution in [2.75, 3.05) is 25.0 Å². The summed E-state index contributed by atoms with van der Waals surface area (Å²) in [5, 5.41) is 3.17. The molecule has 7 heteroatoms. The van der Waals surface area contributed by atoms with E-state index in [4.69, 9.17) is 21.1 Å². The number of carbonyl (C=O) groups excluding carboxylic acids is 2. The number of halogens is 1. The first-order valence-corrected chi connectivity index (χ1v) is 11.1. The summed E-state index contributed by atoms with van der Waals surface area (Å²) in [7, 11) is 3.14. The predicted molar refractivity (Wildman–Crippen MR) is 122 cm³/mol. The van der Waals surface area contributed by atoms with Crippen LogP contribution in [0.4, 0.5) is 5.69 Å². The van der Waals surface area contributed by atoms with Gasteiger partial charge in [0, 0.05) is 17.8 Å². The molecule has 0 radical (unpaired) electrons. The molecule has 2 amide bonds. The number of rotatable bonds is 8. The number of anilines is 1. The number of nitrogens with one attached hydrogen (secondary N) is 1. The molecule has 166 valence electrons. The second-order valence-electron chi connectivity index (χ2n) is 7.62. The Morgan fingerprint density at radius 1 is 1.03 bits per heavy atom. The summed E-state index contributed by atoms with van der Waals surface area (Å²) < 4.78 is 10.6. The summed E-state index contributed by atoms with van der Waals surface area (Å²) in [6, 6.07) is 13.5. The van der Waals surface area contributed by atoms with Crippen molar-refractivity contribution in [1.29, 1.82) is 0 Å². The van der Waals surface area contributed by atoms with Crippen molar-refractivity contribution in [3.05, 3.63) is 54.1 Å². The number of nitrogens with zero attached hydrogens (tertiary/aromatic N) is 1. The molecule has 0 bridgehead atoms. The van der Waals surface area contributed by atoms with Gasteiger partial charge in [-0.25, -0.2) is 0 Å². The fraction of sp³-hybridized carbons (Fsp3) is 0.417. The van der Waals surface area contributed by atoms with Crippen LogP contribution in [-0.2, 0) is 9.59 Å². The third kappa shape index (κ3) is 5.70. The van der Waals surface area contributed by atoms with E-state index in [1.807, 2.05) is 0 Å². The molecule has 31 heavy (non-hydrogen) atoms. The first-order valence-electron chi connectivity index (χ1n) is 10.5. The Bertz CT molecular complexity index is 881. The van der Waals surface area contributed by atoms with Crippen LogP contribution in [0, 0.1) is 0 Å². The van der Waals surface area contributed by atoms with Gasteiger partial charge in [-0.2, -0.15) is 0 Å². The maximum atomic E-state index is 13.5. The molecule has 0 saturated heterocycles. The number of alkyl halides is 1. The molecular formula is C24H29ClN2O4. The van der Waals surface area contributed by atoms with Gasteiger partial charge in [0.05, 0.1) is 14.2 Å². The SMILES string of the molecule is COc1ccc([C@H](C(=O)NC2CCCCC2)N(C(=O)CCl)c2cccc(OC)c2)cc1. The zero-order valence-electron chi connectivity index (χ0n) is 18.0. The number of ether oxygens (including phenoxy) is 2. The van der Waals surface area contributed by atoms with Gasteiger partial charge in [-0.3, -0.25) is 14.5 Å². The molecule has 3 rings (SSSR count). The van der Waals surface area contributed by atoms with Crippen molar-refractivity contribution in [2.45, 2.75) is 44.2 Å². The second-order valence-corrected chi connectivity index (χ2v) is 7.89. The number of hydrogen-bond donors (Lipinski definition) is 1. The van der Waals surface area contributed by atoms with Crippen LogP contribution in [0.2, 0.25) is 0 Å². The lowest BCUT2D eigenvalue weighted by molar-refractivity contribution is -0.126. The average Bonchev–Trinajstić information content (AvgIpc) is 2.82. The van der Waals surface area contributed by atoms with Crippen molar-refractivity contribution in [3.63, 3.8) is 0 Å². The third-order valence-corrected chi connectivity index (χ3v) is 5.83. The molecule has 2 aromatic rings. The smallest absolute Gasteiger partial charge is 0.248 e. The van der Waals surface area contributed by atoms with E-state index in [9.17, 15) is 9.59 Å². The Hall–Kier alpha value is -2.73. The second kappa shape index (κ2) is 11.0. The molecule has 2 aromatic carbocycles. The van der Waals surface area contributed by atoms with E-state index < -0.39 is 6.04 Å². The summed E-state index contributed by atoms with van der Waals surface area (Å²) in [4.78, 5) is 28.0. The van der Waals surface area contributed by atoms with Crippen molar-refractivity contribution < 1.29 is 19.1 Å². The average molecular weight is 445 g/mol. The summed E-state index contributed by atoms with van der Waals surface area (Å²) in [6.07, 6.45) is 5.28. The van der Waals surface area contributed by atoms with Gasteiger partial charge >= 0.3 is 0 Å². The number of amides is 2. The highest BCUT2D eigenvalue weighted by atomic mass is 35.5. The molecule has 0 unspecified atom stereocenters. The van der Waals surface area contributed by atoms with Gasteiger partial charge in [0.15, 0.2) is 0 Å². The predicted octanol–water partition coefficient (Wildman–Crippen LogP) is 4.47. The van der Waals surface area contributed by atoms with Gasteiger partial charge in [-0.1, -0.05) is 37.5 Å². The van der Waals surface area contributed by atoms with Crippen LogP contribution < -0.4 is 19.7 Å². The zero-order chi connectivity index (χ0) is 22.2. The molecule has 0 aliphatic heterocycles. The maximum absolute atomic E-state index is 13.5. The van der Waals surface area contributed by atoms with E-state index >= 15 is 0 Å². The molecule has 1 N–H and O–H groups in total. The highest BCUT2D eigenvalue weighted by Gasteiger charge is 2.34. The fourth-order valence-corrected chi connectivity index (χ4v) is 4.12. The monoisotopic (exact) mass is 444 g/mol. The number of carbonyl (C=O) groups is 2. The van der Waals surface area contributed by atoms with E-state index in [2.05, 4.69) is 5.32 Å². The summed E-state index contributed by atoms with van der Waals surface area (Å²) in [5.41, 5.74) is 1.22. The first-order chi connectivity index (χ1) is 15.1. The summed E-state index contributed by atoms with van der Waals surface area (Å²) in [5.74, 6) is 0.423. The lowest BCUT2D eigenvalue weighted by atomic mass is 9.94. The number of hydrogen-bond acceptors (Lipinski definition) is 4. The molecule has 1 saturated carbocycles. The molecule has 0 heterocycles. The minimum atomic E-state index is -0.869.